The number of rotatable bonds is 6. The highest BCUT2D eigenvalue weighted by atomic mass is 19.1. The summed E-state index contributed by atoms with van der Waals surface area (Å²) in [4.78, 5) is 56.3. The Hall–Kier alpha value is -6.96. The summed E-state index contributed by atoms with van der Waals surface area (Å²) in [6.45, 7) is 17.1. The Labute approximate surface area is 434 Å². The first-order chi connectivity index (χ1) is 35.4. The number of amides is 1. The monoisotopic (exact) mass is 1040 g/mol. The number of pyridine rings is 2. The number of aromatic nitrogens is 1. The highest BCUT2D eigenvalue weighted by molar-refractivity contribution is 6.24. The predicted octanol–water partition coefficient (Wildman–Crippen LogP) is 7.16. The molecular formula is C56H68FN5O13. The van der Waals surface area contributed by atoms with Gasteiger partial charge in [0.25, 0.3) is 17.2 Å². The van der Waals surface area contributed by atoms with E-state index in [1.165, 1.54) is 70.0 Å². The number of carbonyl (C=O) groups is 3. The van der Waals surface area contributed by atoms with Gasteiger partial charge in [-0.2, -0.15) is 5.10 Å². The van der Waals surface area contributed by atoms with E-state index >= 15 is 4.39 Å². The van der Waals surface area contributed by atoms with E-state index in [1.807, 2.05) is 17.9 Å². The first kappa shape index (κ1) is 54.3. The normalized spacial score (nSPS) is 28.6. The number of phenols is 3. The van der Waals surface area contributed by atoms with E-state index in [0.29, 0.717) is 41.3 Å². The smallest absolute Gasteiger partial charge is 0.312 e. The Morgan fingerprint density at radius 3 is 2.23 bits per heavy atom. The van der Waals surface area contributed by atoms with Gasteiger partial charge in [-0.05, 0) is 69.7 Å². The molecule has 19 heteroatoms. The summed E-state index contributed by atoms with van der Waals surface area (Å²) in [5.41, 5.74) is 2.37. The topological polar surface area (TPSA) is 242 Å². The zero-order valence-electron chi connectivity index (χ0n) is 44.2. The van der Waals surface area contributed by atoms with Crippen molar-refractivity contribution in [2.24, 2.45) is 28.8 Å². The number of carbonyl (C=O) groups excluding carboxylic acids is 3. The van der Waals surface area contributed by atoms with Gasteiger partial charge in [0.1, 0.15) is 23.4 Å². The highest BCUT2D eigenvalue weighted by Gasteiger charge is 2.50. The molecule has 0 unspecified atom stereocenters. The summed E-state index contributed by atoms with van der Waals surface area (Å²) in [7, 11) is 1.42. The number of nitrogens with one attached hydrogen (secondary N) is 1. The molecule has 2 fully saturated rings. The fourth-order valence-electron chi connectivity index (χ4n) is 10.9. The van der Waals surface area contributed by atoms with Crippen LogP contribution in [0.2, 0.25) is 0 Å². The SMILES string of the molecule is CO[C@H]1/C=C/O[C@@]2(C)Oc3c(C)c(O)c4c(O)c(c(/C=N/N5CCN(c6c(F)cn7c(=O)c(C)cc(C8CC8)c7c6C)CC5)c(O)c4c3C2=O)NC(=O)/C(C)=C\C=C\[C@H](C)[C@H](O)[C@@H](C)[C@@H](O)[C@@H](C)[C@H](OC(C)=O)[C@@H]1C. The number of anilines is 2. The third-order valence-corrected chi connectivity index (χ3v) is 15.6. The molecule has 1 saturated carbocycles. The van der Waals surface area contributed by atoms with E-state index in [1.54, 1.807) is 51.8 Å². The molecule has 6 N–H and O–H groups in total. The van der Waals surface area contributed by atoms with Crippen LogP contribution >= 0.6 is 0 Å². The summed E-state index contributed by atoms with van der Waals surface area (Å²) < 4.78 is 41.3. The van der Waals surface area contributed by atoms with Gasteiger partial charge in [-0.1, -0.05) is 45.9 Å². The number of fused-ring (bicyclic) bond motifs is 15. The molecule has 2 aromatic heterocycles. The number of hydrazone groups is 1. The summed E-state index contributed by atoms with van der Waals surface area (Å²) in [5, 5.41) is 67.8. The van der Waals surface area contributed by atoms with Gasteiger partial charge in [-0.3, -0.25) is 28.6 Å². The molecule has 75 heavy (non-hydrogen) atoms. The Bertz CT molecular complexity index is 3150. The van der Waals surface area contributed by atoms with Crippen molar-refractivity contribution < 1.29 is 63.3 Å². The Morgan fingerprint density at radius 1 is 0.907 bits per heavy atom. The van der Waals surface area contributed by atoms with Crippen molar-refractivity contribution >= 4 is 51.5 Å². The van der Waals surface area contributed by atoms with E-state index < -0.39 is 94.6 Å². The number of ether oxygens (including phenoxy) is 4. The van der Waals surface area contributed by atoms with E-state index in [4.69, 9.17) is 18.9 Å². The molecule has 6 heterocycles. The molecule has 5 aliphatic rings. The number of aliphatic hydroxyl groups is 2. The molecule has 9 rings (SSSR count). The summed E-state index contributed by atoms with van der Waals surface area (Å²) >= 11 is 0. The number of benzene rings is 2. The number of phenolic OH excluding ortho intramolecular Hbond substituents is 3. The number of ketones is 1. The fourth-order valence-corrected chi connectivity index (χ4v) is 10.9. The van der Waals surface area contributed by atoms with Gasteiger partial charge < -0.3 is 54.7 Å². The number of hydrogen-bond acceptors (Lipinski definition) is 16. The van der Waals surface area contributed by atoms with Gasteiger partial charge in [0.15, 0.2) is 11.6 Å². The minimum absolute atomic E-state index is 0.00914. The highest BCUT2D eigenvalue weighted by Crippen LogP contribution is 2.55. The fraction of sp³-hybridized carbons (Fsp3) is 0.482. The van der Waals surface area contributed by atoms with Gasteiger partial charge >= 0.3 is 11.8 Å². The standard InChI is InChI=1S/C56H68FN5O13/c1-26-13-12-14-27(2)54(70)59-43-37(24-58-61-20-18-60(19-21-61)45-30(5)44-36(35-15-16-35)23-28(3)55(71)62(44)25-38(45)57)49(67)40-41(50(43)68)48(66)33(8)52-42(40)53(69)56(10,75-52)73-22-17-39(72-11)29(4)51(74-34(9)63)32(7)47(65)31(6)46(26)64/h12-14,17,22-26,29,31-32,35,39,46-47,51,64-68H,15-16,18-21H2,1-11H3,(H,59,70)/b13-12+,22-17+,27-14-,58-24+/t26-,29+,31+,32+,39-,46-,47+,51+,56-/m0/s1. The largest absolute Gasteiger partial charge is 0.507 e. The number of esters is 1. The van der Waals surface area contributed by atoms with Gasteiger partial charge in [0, 0.05) is 79.8 Å². The Balaban J connectivity index is 1.19. The summed E-state index contributed by atoms with van der Waals surface area (Å²) in [6.07, 6.45) is 7.78. The maximum Gasteiger partial charge on any atom is 0.312 e. The Kier molecular flexibility index (Phi) is 15.2. The second kappa shape index (κ2) is 21.0. The van der Waals surface area contributed by atoms with Gasteiger partial charge in [-0.25, -0.2) is 4.39 Å². The van der Waals surface area contributed by atoms with Gasteiger partial charge in [0.2, 0.25) is 0 Å². The van der Waals surface area contributed by atoms with Crippen molar-refractivity contribution in [3.8, 4) is 23.0 Å². The van der Waals surface area contributed by atoms with Crippen molar-refractivity contribution in [1.29, 1.82) is 0 Å². The van der Waals surface area contributed by atoms with Crippen LogP contribution in [-0.2, 0) is 23.8 Å². The number of aromatic hydroxyl groups is 3. The first-order valence-electron chi connectivity index (χ1n) is 25.4. The number of halogens is 1. The van der Waals surface area contributed by atoms with Crippen LogP contribution in [0, 0.1) is 50.3 Å². The van der Waals surface area contributed by atoms with Crippen molar-refractivity contribution in [2.75, 3.05) is 43.5 Å². The van der Waals surface area contributed by atoms with Gasteiger partial charge in [0.05, 0.1) is 83.5 Å². The lowest BCUT2D eigenvalue weighted by atomic mass is 9.78. The third kappa shape index (κ3) is 9.92. The Morgan fingerprint density at radius 2 is 1.59 bits per heavy atom. The first-order valence-corrected chi connectivity index (χ1v) is 25.4. The average Bonchev–Trinajstić information content (AvgIpc) is 4.19. The number of aryl methyl sites for hydroxylation is 2. The maximum atomic E-state index is 16.1. The molecule has 4 aliphatic heterocycles. The summed E-state index contributed by atoms with van der Waals surface area (Å²) in [6, 6.07) is 1.92. The number of allylic oxidation sites excluding steroid dienone is 2. The lowest BCUT2D eigenvalue weighted by Crippen LogP contribution is -2.46. The molecule has 0 spiro atoms. The van der Waals surface area contributed by atoms with E-state index in [0.717, 1.165) is 18.4 Å². The maximum absolute atomic E-state index is 16.1. The minimum Gasteiger partial charge on any atom is -0.507 e. The second-order valence-corrected chi connectivity index (χ2v) is 20.8. The predicted molar refractivity (Wildman–Crippen MR) is 280 cm³/mol. The van der Waals surface area contributed by atoms with Crippen molar-refractivity contribution in [2.45, 2.75) is 118 Å². The molecule has 4 aromatic rings. The molecule has 2 aromatic carbocycles. The quantitative estimate of drug-likeness (QED) is 0.0486. The molecule has 402 valence electrons. The number of piperazine rings is 1. The molecular weight excluding hydrogens is 970 g/mol. The van der Waals surface area contributed by atoms with Gasteiger partial charge in [-0.15, -0.1) is 0 Å². The molecule has 1 amide bonds. The van der Waals surface area contributed by atoms with Crippen LogP contribution < -0.4 is 20.5 Å². The molecule has 1 aliphatic carbocycles. The molecule has 1 saturated heterocycles. The van der Waals surface area contributed by atoms with Crippen LogP contribution in [0.15, 0.2) is 58.3 Å². The number of Topliss-reactive ketones (excluding diaryl/α,β-unsaturated/α-hetero) is 1. The number of hydrogen-bond donors (Lipinski definition) is 6. The zero-order valence-corrected chi connectivity index (χ0v) is 44.2. The zero-order chi connectivity index (χ0) is 54.7. The van der Waals surface area contributed by atoms with Crippen molar-refractivity contribution in [3.05, 3.63) is 98.0 Å². The van der Waals surface area contributed by atoms with Crippen LogP contribution in [0.3, 0.4) is 0 Å². The van der Waals surface area contributed by atoms with E-state index in [2.05, 4.69) is 10.4 Å². The lowest BCUT2D eigenvalue weighted by molar-refractivity contribution is -0.160. The van der Waals surface area contributed by atoms with Crippen LogP contribution in [-0.4, -0.2) is 122 Å². The minimum atomic E-state index is -2.11. The number of aliphatic hydroxyl groups excluding tert-OH is 2. The molecule has 5 bridgehead atoms. The van der Waals surface area contributed by atoms with E-state index in [9.17, 15) is 44.7 Å². The molecule has 9 atom stereocenters. The average molecular weight is 1040 g/mol. The third-order valence-electron chi connectivity index (χ3n) is 15.6. The summed E-state index contributed by atoms with van der Waals surface area (Å²) in [5.74, 6) is -9.21. The van der Waals surface area contributed by atoms with Crippen LogP contribution in [0.1, 0.15) is 105 Å². The second-order valence-electron chi connectivity index (χ2n) is 20.8. The van der Waals surface area contributed by atoms with Crippen LogP contribution in [0.4, 0.5) is 15.8 Å². The number of nitrogens with zero attached hydrogens (tertiary/aromatic N) is 4. The molecule has 0 radical (unpaired) electrons. The van der Waals surface area contributed by atoms with Crippen LogP contribution in [0.25, 0.3) is 16.3 Å². The van der Waals surface area contributed by atoms with Crippen LogP contribution in [0.5, 0.6) is 23.0 Å². The van der Waals surface area contributed by atoms with Crippen molar-refractivity contribution in [3.63, 3.8) is 0 Å². The van der Waals surface area contributed by atoms with Crippen molar-refractivity contribution in [1.82, 2.24) is 9.41 Å². The lowest BCUT2D eigenvalue weighted by Gasteiger charge is -2.38. The van der Waals surface area contributed by atoms with E-state index in [-0.39, 0.29) is 63.1 Å². The number of methoxy groups -OCH3 is 1. The molecule has 18 nitrogen and oxygen atoms in total.